The lowest BCUT2D eigenvalue weighted by Crippen LogP contribution is -1.92. The molecule has 0 amide bonds. The Balaban J connectivity index is 3.12. The van der Waals surface area contributed by atoms with Crippen LogP contribution in [0.3, 0.4) is 0 Å². The third kappa shape index (κ3) is 2.27. The average Bonchev–Trinajstić information content (AvgIpc) is 2.40. The summed E-state index contributed by atoms with van der Waals surface area (Å²) in [6.45, 7) is 6.34. The van der Waals surface area contributed by atoms with Crippen LogP contribution in [-0.2, 0) is 7.05 Å². The monoisotopic (exact) mass is 256 g/mol. The smallest absolute Gasteiger partial charge is 0.0668 e. The number of alkyl halides is 1. The van der Waals surface area contributed by atoms with Crippen LogP contribution in [0.4, 0.5) is 0 Å². The van der Waals surface area contributed by atoms with Gasteiger partial charge in [0.15, 0.2) is 0 Å². The standard InChI is InChI=1S/C11H17BrN2/c1-5-10(7-12)6-11-8(2)13-14(4)9(11)3/h6H,5,7H2,1-4H3. The molecule has 0 unspecified atom stereocenters. The molecule has 1 aromatic heterocycles. The van der Waals surface area contributed by atoms with Crippen LogP contribution in [0.1, 0.15) is 30.3 Å². The van der Waals surface area contributed by atoms with Crippen LogP contribution >= 0.6 is 15.9 Å². The van der Waals surface area contributed by atoms with E-state index in [4.69, 9.17) is 0 Å². The van der Waals surface area contributed by atoms with Crippen molar-refractivity contribution in [1.82, 2.24) is 9.78 Å². The number of aryl methyl sites for hydroxylation is 2. The Kier molecular flexibility index (Phi) is 3.93. The summed E-state index contributed by atoms with van der Waals surface area (Å²) < 4.78 is 1.93. The van der Waals surface area contributed by atoms with Crippen molar-refractivity contribution in [1.29, 1.82) is 0 Å². The molecule has 0 radical (unpaired) electrons. The van der Waals surface area contributed by atoms with Crippen LogP contribution in [0.2, 0.25) is 0 Å². The highest BCUT2D eigenvalue weighted by atomic mass is 79.9. The molecular formula is C11H17BrN2. The number of aromatic nitrogens is 2. The molecule has 0 aliphatic rings. The van der Waals surface area contributed by atoms with Gasteiger partial charge in [-0.15, -0.1) is 0 Å². The minimum atomic E-state index is 0.942. The number of nitrogens with zero attached hydrogens (tertiary/aromatic N) is 2. The second kappa shape index (κ2) is 4.78. The van der Waals surface area contributed by atoms with Crippen molar-refractivity contribution in [2.45, 2.75) is 27.2 Å². The van der Waals surface area contributed by atoms with Crippen molar-refractivity contribution in [2.24, 2.45) is 7.05 Å². The number of allylic oxidation sites excluding steroid dienone is 1. The predicted octanol–water partition coefficient (Wildman–Crippen LogP) is 3.23. The van der Waals surface area contributed by atoms with Crippen molar-refractivity contribution >= 4 is 22.0 Å². The maximum Gasteiger partial charge on any atom is 0.0668 e. The van der Waals surface area contributed by atoms with Gasteiger partial charge in [-0.2, -0.15) is 5.10 Å². The number of hydrogen-bond acceptors (Lipinski definition) is 1. The zero-order chi connectivity index (χ0) is 10.7. The molecule has 0 saturated heterocycles. The number of halogens is 1. The van der Waals surface area contributed by atoms with E-state index in [-0.39, 0.29) is 0 Å². The van der Waals surface area contributed by atoms with E-state index in [9.17, 15) is 0 Å². The second-order valence-corrected chi connectivity index (χ2v) is 4.06. The summed E-state index contributed by atoms with van der Waals surface area (Å²) in [4.78, 5) is 0. The quantitative estimate of drug-likeness (QED) is 0.760. The molecule has 0 aliphatic carbocycles. The Morgan fingerprint density at radius 2 is 2.14 bits per heavy atom. The molecule has 0 atom stereocenters. The molecule has 78 valence electrons. The lowest BCUT2D eigenvalue weighted by atomic mass is 10.1. The fourth-order valence-electron chi connectivity index (χ4n) is 1.44. The highest BCUT2D eigenvalue weighted by Crippen LogP contribution is 2.18. The van der Waals surface area contributed by atoms with Crippen LogP contribution in [0.15, 0.2) is 5.57 Å². The Morgan fingerprint density at radius 3 is 2.50 bits per heavy atom. The van der Waals surface area contributed by atoms with E-state index in [1.165, 1.54) is 16.8 Å². The predicted molar refractivity (Wildman–Crippen MR) is 64.7 cm³/mol. The Bertz CT molecular complexity index is 344. The number of hydrogen-bond donors (Lipinski definition) is 0. The molecule has 0 fully saturated rings. The maximum atomic E-state index is 4.39. The summed E-state index contributed by atoms with van der Waals surface area (Å²) >= 11 is 3.49. The van der Waals surface area contributed by atoms with Crippen molar-refractivity contribution in [2.75, 3.05) is 5.33 Å². The van der Waals surface area contributed by atoms with Gasteiger partial charge in [0, 0.05) is 23.6 Å². The summed E-state index contributed by atoms with van der Waals surface area (Å²) in [6.07, 6.45) is 3.32. The van der Waals surface area contributed by atoms with Crippen LogP contribution in [0.5, 0.6) is 0 Å². The Hall–Kier alpha value is -0.570. The fourth-order valence-corrected chi connectivity index (χ4v) is 2.00. The molecule has 1 heterocycles. The summed E-state index contributed by atoms with van der Waals surface area (Å²) in [7, 11) is 1.99. The summed E-state index contributed by atoms with van der Waals surface area (Å²) in [5.74, 6) is 0. The van der Waals surface area contributed by atoms with Gasteiger partial charge >= 0.3 is 0 Å². The van der Waals surface area contributed by atoms with Gasteiger partial charge in [-0.05, 0) is 20.3 Å². The van der Waals surface area contributed by atoms with Gasteiger partial charge in [0.2, 0.25) is 0 Å². The van der Waals surface area contributed by atoms with Crippen molar-refractivity contribution in [3.05, 3.63) is 22.5 Å². The summed E-state index contributed by atoms with van der Waals surface area (Å²) in [6, 6.07) is 0. The van der Waals surface area contributed by atoms with Gasteiger partial charge in [0.1, 0.15) is 0 Å². The van der Waals surface area contributed by atoms with Crippen LogP contribution in [0.25, 0.3) is 6.08 Å². The SMILES string of the molecule is CCC(=Cc1c(C)nn(C)c1C)CBr. The molecule has 1 aromatic rings. The van der Waals surface area contributed by atoms with E-state index in [0.29, 0.717) is 0 Å². The molecule has 3 heteroatoms. The second-order valence-electron chi connectivity index (χ2n) is 3.50. The van der Waals surface area contributed by atoms with Gasteiger partial charge < -0.3 is 0 Å². The molecule has 0 spiro atoms. The molecule has 0 aliphatic heterocycles. The van der Waals surface area contributed by atoms with E-state index in [0.717, 1.165) is 17.4 Å². The average molecular weight is 257 g/mol. The molecule has 2 nitrogen and oxygen atoms in total. The first-order valence-corrected chi connectivity index (χ1v) is 5.97. The Morgan fingerprint density at radius 1 is 1.50 bits per heavy atom. The molecule has 0 N–H and O–H groups in total. The highest BCUT2D eigenvalue weighted by molar-refractivity contribution is 9.09. The fraction of sp³-hybridized carbons (Fsp3) is 0.545. The third-order valence-corrected chi connectivity index (χ3v) is 3.26. The molecule has 0 aromatic carbocycles. The van der Waals surface area contributed by atoms with Crippen molar-refractivity contribution < 1.29 is 0 Å². The largest absolute Gasteiger partial charge is 0.272 e. The van der Waals surface area contributed by atoms with Gasteiger partial charge in [0.05, 0.1) is 5.69 Å². The summed E-state index contributed by atoms with van der Waals surface area (Å²) in [5.41, 5.74) is 5.01. The summed E-state index contributed by atoms with van der Waals surface area (Å²) in [5, 5.41) is 5.33. The van der Waals surface area contributed by atoms with Crippen molar-refractivity contribution in [3.8, 4) is 0 Å². The van der Waals surface area contributed by atoms with E-state index in [1.807, 2.05) is 11.7 Å². The van der Waals surface area contributed by atoms with Gasteiger partial charge in [-0.1, -0.05) is 34.5 Å². The maximum absolute atomic E-state index is 4.39. The first-order valence-electron chi connectivity index (χ1n) is 4.85. The molecule has 14 heavy (non-hydrogen) atoms. The van der Waals surface area contributed by atoms with Crippen LogP contribution in [-0.4, -0.2) is 15.1 Å². The third-order valence-electron chi connectivity index (χ3n) is 2.54. The first kappa shape index (κ1) is 11.5. The minimum absolute atomic E-state index is 0.942. The lowest BCUT2D eigenvalue weighted by molar-refractivity contribution is 0.731. The number of rotatable bonds is 3. The zero-order valence-corrected chi connectivity index (χ0v) is 10.8. The molecule has 0 saturated carbocycles. The van der Waals surface area contributed by atoms with E-state index in [1.54, 1.807) is 0 Å². The normalized spacial score (nSPS) is 12.2. The minimum Gasteiger partial charge on any atom is -0.272 e. The van der Waals surface area contributed by atoms with Crippen LogP contribution < -0.4 is 0 Å². The molecular weight excluding hydrogens is 240 g/mol. The van der Waals surface area contributed by atoms with E-state index >= 15 is 0 Å². The molecule has 0 bridgehead atoms. The zero-order valence-electron chi connectivity index (χ0n) is 9.26. The Labute approximate surface area is 94.1 Å². The molecule has 1 rings (SSSR count). The highest BCUT2D eigenvalue weighted by Gasteiger charge is 2.06. The van der Waals surface area contributed by atoms with Gasteiger partial charge in [0.25, 0.3) is 0 Å². The van der Waals surface area contributed by atoms with E-state index < -0.39 is 0 Å². The van der Waals surface area contributed by atoms with E-state index in [2.05, 4.69) is 47.9 Å². The first-order chi connectivity index (χ1) is 6.60. The van der Waals surface area contributed by atoms with Crippen LogP contribution in [0, 0.1) is 13.8 Å². The van der Waals surface area contributed by atoms with Crippen molar-refractivity contribution in [3.63, 3.8) is 0 Å². The topological polar surface area (TPSA) is 17.8 Å². The van der Waals surface area contributed by atoms with Gasteiger partial charge in [-0.25, -0.2) is 0 Å². The lowest BCUT2D eigenvalue weighted by Gasteiger charge is -2.00. The van der Waals surface area contributed by atoms with Gasteiger partial charge in [-0.3, -0.25) is 4.68 Å².